The molecule has 0 atom stereocenters. The van der Waals surface area contributed by atoms with E-state index >= 15 is 0 Å². The predicted octanol–water partition coefficient (Wildman–Crippen LogP) is 3.14. The molecule has 0 radical (unpaired) electrons. The molecule has 0 aromatic carbocycles. The van der Waals surface area contributed by atoms with E-state index in [1.165, 1.54) is 8.46 Å². The van der Waals surface area contributed by atoms with Crippen molar-refractivity contribution < 1.29 is 4.79 Å². The minimum Gasteiger partial charge on any atom is -0.335 e. The van der Waals surface area contributed by atoms with E-state index in [1.54, 1.807) is 11.3 Å². The summed E-state index contributed by atoms with van der Waals surface area (Å²) in [6.07, 6.45) is 3.14. The quantitative estimate of drug-likeness (QED) is 0.571. The summed E-state index contributed by atoms with van der Waals surface area (Å²) in [7, 11) is 0. The van der Waals surface area contributed by atoms with Gasteiger partial charge in [-0.1, -0.05) is 11.6 Å². The Morgan fingerprint density at radius 1 is 1.60 bits per heavy atom. The molecule has 0 saturated carbocycles. The number of amides is 1. The van der Waals surface area contributed by atoms with Crippen molar-refractivity contribution in [1.82, 2.24) is 4.90 Å². The number of halogens is 1. The van der Waals surface area contributed by atoms with Crippen LogP contribution in [0.4, 0.5) is 0 Å². The zero-order valence-corrected chi connectivity index (χ0v) is 11.5. The first kappa shape index (κ1) is 11.1. The third kappa shape index (κ3) is 2.60. The van der Waals surface area contributed by atoms with Gasteiger partial charge in [-0.15, -0.1) is 11.3 Å². The molecule has 4 heteroatoms. The van der Waals surface area contributed by atoms with E-state index < -0.39 is 0 Å². The lowest BCUT2D eigenvalue weighted by Gasteiger charge is -2.25. The summed E-state index contributed by atoms with van der Waals surface area (Å²) >= 11 is 3.86. The Morgan fingerprint density at radius 3 is 2.93 bits per heavy atom. The van der Waals surface area contributed by atoms with Crippen LogP contribution in [0.5, 0.6) is 0 Å². The molecule has 1 amide bonds. The van der Waals surface area contributed by atoms with Crippen LogP contribution in [-0.4, -0.2) is 23.9 Å². The SMILES string of the molecule is CC1=CCN(C(=O)c2csc(I)c2)CC1. The van der Waals surface area contributed by atoms with E-state index in [0.717, 1.165) is 25.1 Å². The third-order valence-corrected chi connectivity index (χ3v) is 4.33. The molecule has 1 aromatic rings. The van der Waals surface area contributed by atoms with Crippen molar-refractivity contribution in [2.45, 2.75) is 13.3 Å². The number of hydrogen-bond acceptors (Lipinski definition) is 2. The van der Waals surface area contributed by atoms with Crippen LogP contribution in [0, 0.1) is 2.88 Å². The van der Waals surface area contributed by atoms with Crippen LogP contribution in [0.25, 0.3) is 0 Å². The van der Waals surface area contributed by atoms with Gasteiger partial charge in [0, 0.05) is 18.5 Å². The lowest BCUT2D eigenvalue weighted by Crippen LogP contribution is -2.34. The van der Waals surface area contributed by atoms with Crippen molar-refractivity contribution in [3.63, 3.8) is 0 Å². The molecule has 0 fully saturated rings. The summed E-state index contributed by atoms with van der Waals surface area (Å²) in [5.41, 5.74) is 2.22. The van der Waals surface area contributed by atoms with Gasteiger partial charge < -0.3 is 4.90 Å². The second-order valence-electron chi connectivity index (χ2n) is 3.69. The van der Waals surface area contributed by atoms with Gasteiger partial charge >= 0.3 is 0 Å². The van der Waals surface area contributed by atoms with Crippen molar-refractivity contribution in [1.29, 1.82) is 0 Å². The molecule has 80 valence electrons. The van der Waals surface area contributed by atoms with Crippen LogP contribution >= 0.6 is 33.9 Å². The van der Waals surface area contributed by atoms with Crippen LogP contribution in [0.2, 0.25) is 0 Å². The van der Waals surface area contributed by atoms with Crippen molar-refractivity contribution in [3.8, 4) is 0 Å². The van der Waals surface area contributed by atoms with Gasteiger partial charge in [0.15, 0.2) is 0 Å². The highest BCUT2D eigenvalue weighted by atomic mass is 127. The molecule has 0 spiro atoms. The molecule has 0 unspecified atom stereocenters. The molecular weight excluding hydrogens is 321 g/mol. The molecule has 0 aliphatic carbocycles. The van der Waals surface area contributed by atoms with Crippen LogP contribution in [-0.2, 0) is 0 Å². The molecule has 1 aromatic heterocycles. The fourth-order valence-electron chi connectivity index (χ4n) is 1.56. The monoisotopic (exact) mass is 333 g/mol. The zero-order valence-electron chi connectivity index (χ0n) is 8.50. The topological polar surface area (TPSA) is 20.3 Å². The predicted molar refractivity (Wildman–Crippen MR) is 71.3 cm³/mol. The van der Waals surface area contributed by atoms with Gasteiger partial charge in [0.25, 0.3) is 5.91 Å². The number of carbonyl (C=O) groups excluding carboxylic acids is 1. The van der Waals surface area contributed by atoms with Gasteiger partial charge in [0.1, 0.15) is 0 Å². The molecule has 1 aliphatic heterocycles. The molecule has 2 nitrogen and oxygen atoms in total. The minimum atomic E-state index is 0.165. The molecule has 2 rings (SSSR count). The maximum absolute atomic E-state index is 12.0. The standard InChI is InChI=1S/C11H12INOS/c1-8-2-4-13(5-3-8)11(14)9-6-10(12)15-7-9/h2,6-7H,3-5H2,1H3. The molecule has 2 heterocycles. The van der Waals surface area contributed by atoms with Crippen molar-refractivity contribution in [2.24, 2.45) is 0 Å². The van der Waals surface area contributed by atoms with Gasteiger partial charge in [-0.2, -0.15) is 0 Å². The average Bonchev–Trinajstić information content (AvgIpc) is 2.65. The Labute approximate surface area is 107 Å². The minimum absolute atomic E-state index is 0.165. The highest BCUT2D eigenvalue weighted by Gasteiger charge is 2.18. The fraction of sp³-hybridized carbons (Fsp3) is 0.364. The second kappa shape index (κ2) is 4.65. The van der Waals surface area contributed by atoms with Crippen LogP contribution < -0.4 is 0 Å². The summed E-state index contributed by atoms with van der Waals surface area (Å²) in [4.78, 5) is 13.9. The molecular formula is C11H12INOS. The van der Waals surface area contributed by atoms with Gasteiger partial charge in [0.2, 0.25) is 0 Å². The van der Waals surface area contributed by atoms with E-state index in [1.807, 2.05) is 16.3 Å². The van der Waals surface area contributed by atoms with Crippen molar-refractivity contribution in [2.75, 3.05) is 13.1 Å². The van der Waals surface area contributed by atoms with E-state index in [4.69, 9.17) is 0 Å². The van der Waals surface area contributed by atoms with Gasteiger partial charge in [-0.05, 0) is 42.0 Å². The Bertz CT molecular complexity index is 410. The largest absolute Gasteiger partial charge is 0.335 e. The molecule has 0 bridgehead atoms. The van der Waals surface area contributed by atoms with E-state index in [9.17, 15) is 4.79 Å². The lowest BCUT2D eigenvalue weighted by molar-refractivity contribution is 0.0769. The maximum atomic E-state index is 12.0. The number of carbonyl (C=O) groups is 1. The van der Waals surface area contributed by atoms with Crippen LogP contribution in [0.1, 0.15) is 23.7 Å². The fourth-order valence-corrected chi connectivity index (χ4v) is 2.88. The average molecular weight is 333 g/mol. The molecule has 0 saturated heterocycles. The van der Waals surface area contributed by atoms with Crippen LogP contribution in [0.15, 0.2) is 23.1 Å². The van der Waals surface area contributed by atoms with E-state index in [0.29, 0.717) is 0 Å². The highest BCUT2D eigenvalue weighted by Crippen LogP contribution is 2.19. The summed E-state index contributed by atoms with van der Waals surface area (Å²) in [5, 5.41) is 1.94. The number of rotatable bonds is 1. The Morgan fingerprint density at radius 2 is 2.40 bits per heavy atom. The smallest absolute Gasteiger partial charge is 0.255 e. The Kier molecular flexibility index (Phi) is 3.45. The number of thiophene rings is 1. The van der Waals surface area contributed by atoms with Crippen LogP contribution in [0.3, 0.4) is 0 Å². The summed E-state index contributed by atoms with van der Waals surface area (Å²) in [5.74, 6) is 0.165. The van der Waals surface area contributed by atoms with Crippen molar-refractivity contribution >= 4 is 39.8 Å². The summed E-state index contributed by atoms with van der Waals surface area (Å²) in [6, 6.07) is 1.96. The first-order valence-corrected chi connectivity index (χ1v) is 6.81. The van der Waals surface area contributed by atoms with E-state index in [2.05, 4.69) is 35.6 Å². The maximum Gasteiger partial charge on any atom is 0.255 e. The summed E-state index contributed by atoms with van der Waals surface area (Å²) in [6.45, 7) is 3.74. The lowest BCUT2D eigenvalue weighted by atomic mass is 10.1. The molecule has 0 N–H and O–H groups in total. The Hall–Kier alpha value is -0.360. The van der Waals surface area contributed by atoms with Crippen molar-refractivity contribution in [3.05, 3.63) is 31.5 Å². The highest BCUT2D eigenvalue weighted by molar-refractivity contribution is 14.1. The van der Waals surface area contributed by atoms with Gasteiger partial charge in [0.05, 0.1) is 8.45 Å². The zero-order chi connectivity index (χ0) is 10.8. The first-order chi connectivity index (χ1) is 7.16. The number of hydrogen-bond donors (Lipinski definition) is 0. The second-order valence-corrected chi connectivity index (χ2v) is 6.50. The number of nitrogens with zero attached hydrogens (tertiary/aromatic N) is 1. The first-order valence-electron chi connectivity index (χ1n) is 4.86. The van der Waals surface area contributed by atoms with Gasteiger partial charge in [-0.25, -0.2) is 0 Å². The van der Waals surface area contributed by atoms with Gasteiger partial charge in [-0.3, -0.25) is 4.79 Å². The Balaban J connectivity index is 2.09. The summed E-state index contributed by atoms with van der Waals surface area (Å²) < 4.78 is 1.17. The molecule has 1 aliphatic rings. The normalized spacial score (nSPS) is 16.4. The third-order valence-electron chi connectivity index (χ3n) is 2.54. The van der Waals surface area contributed by atoms with E-state index in [-0.39, 0.29) is 5.91 Å². The molecule has 15 heavy (non-hydrogen) atoms.